The van der Waals surface area contributed by atoms with E-state index >= 15 is 0 Å². The Morgan fingerprint density at radius 1 is 1.06 bits per heavy atom. The third-order valence-electron chi connectivity index (χ3n) is 1.65. The summed E-state index contributed by atoms with van der Waals surface area (Å²) >= 11 is 7.62. The van der Waals surface area contributed by atoms with Crippen molar-refractivity contribution in [2.75, 3.05) is 0 Å². The van der Waals surface area contributed by atoms with Gasteiger partial charge in [0, 0.05) is 20.4 Å². The lowest BCUT2D eigenvalue weighted by molar-refractivity contribution is -0.163. The van der Waals surface area contributed by atoms with E-state index in [9.17, 15) is 17.6 Å². The lowest BCUT2D eigenvalue weighted by Crippen LogP contribution is -2.43. The quantitative estimate of drug-likeness (QED) is 0.461. The first kappa shape index (κ1) is 15.2. The van der Waals surface area contributed by atoms with Crippen molar-refractivity contribution in [2.45, 2.75) is 15.8 Å². The Labute approximate surface area is 120 Å². The SMILES string of the molecule is FC(F)(F)[C@@H](Br)[C@@](F)(Br)Oc1ccc(Br)cc1. The monoisotopic (exact) mass is 442 g/mol. The first-order chi connectivity index (χ1) is 7.63. The number of benzene rings is 1. The molecule has 0 saturated carbocycles. The summed E-state index contributed by atoms with van der Waals surface area (Å²) in [6.07, 6.45) is -4.77. The molecule has 1 aromatic carbocycles. The van der Waals surface area contributed by atoms with Crippen LogP contribution >= 0.6 is 47.8 Å². The van der Waals surface area contributed by atoms with Crippen molar-refractivity contribution < 1.29 is 22.3 Å². The van der Waals surface area contributed by atoms with Crippen LogP contribution in [0.3, 0.4) is 0 Å². The summed E-state index contributed by atoms with van der Waals surface area (Å²) in [7, 11) is 0. The van der Waals surface area contributed by atoms with E-state index in [1.165, 1.54) is 24.3 Å². The van der Waals surface area contributed by atoms with Gasteiger partial charge in [-0.3, -0.25) is 0 Å². The Kier molecular flexibility index (Phi) is 4.88. The van der Waals surface area contributed by atoms with Crippen molar-refractivity contribution in [3.63, 3.8) is 0 Å². The average molecular weight is 445 g/mol. The fourth-order valence-electron chi connectivity index (χ4n) is 0.902. The standard InChI is InChI=1S/C9H5Br3F4O/c10-5-1-3-6(4-2-5)17-8(12,13)7(11)9(14,15)16/h1-4,7H/t7-,8-/m0/s1. The molecule has 96 valence electrons. The smallest absolute Gasteiger partial charge is 0.408 e. The van der Waals surface area contributed by atoms with Crippen LogP contribution in [0.25, 0.3) is 0 Å². The minimum atomic E-state index is -4.77. The van der Waals surface area contributed by atoms with Gasteiger partial charge in [-0.1, -0.05) is 31.9 Å². The fraction of sp³-hybridized carbons (Fsp3) is 0.333. The molecule has 0 aromatic heterocycles. The van der Waals surface area contributed by atoms with Gasteiger partial charge < -0.3 is 4.74 Å². The summed E-state index contributed by atoms with van der Waals surface area (Å²) in [4.78, 5) is -2.48. The molecule has 0 heterocycles. The number of hydrogen-bond acceptors (Lipinski definition) is 1. The topological polar surface area (TPSA) is 9.23 Å². The van der Waals surface area contributed by atoms with Crippen molar-refractivity contribution in [3.8, 4) is 5.75 Å². The summed E-state index contributed by atoms with van der Waals surface area (Å²) in [5, 5.41) is 0. The second-order valence-corrected chi connectivity index (χ2v) is 5.93. The van der Waals surface area contributed by atoms with E-state index in [1.807, 2.05) is 0 Å². The molecule has 1 nitrogen and oxygen atoms in total. The van der Waals surface area contributed by atoms with E-state index in [-0.39, 0.29) is 5.75 Å². The van der Waals surface area contributed by atoms with Crippen LogP contribution in [0.4, 0.5) is 17.6 Å². The van der Waals surface area contributed by atoms with E-state index in [0.717, 1.165) is 0 Å². The third kappa shape index (κ3) is 4.40. The zero-order valence-corrected chi connectivity index (χ0v) is 12.7. The van der Waals surface area contributed by atoms with Crippen LogP contribution in [0, 0.1) is 0 Å². The van der Waals surface area contributed by atoms with Crippen LogP contribution < -0.4 is 4.74 Å². The third-order valence-corrected chi connectivity index (χ3v) is 4.52. The highest BCUT2D eigenvalue weighted by molar-refractivity contribution is 9.12. The lowest BCUT2D eigenvalue weighted by Gasteiger charge is -2.26. The predicted molar refractivity (Wildman–Crippen MR) is 66.3 cm³/mol. The van der Waals surface area contributed by atoms with E-state index in [0.29, 0.717) is 4.47 Å². The minimum Gasteiger partial charge on any atom is -0.447 e. The Morgan fingerprint density at radius 3 is 1.94 bits per heavy atom. The van der Waals surface area contributed by atoms with Gasteiger partial charge in [0.2, 0.25) is 0 Å². The van der Waals surface area contributed by atoms with Crippen LogP contribution in [-0.2, 0) is 0 Å². The highest BCUT2D eigenvalue weighted by Crippen LogP contribution is 2.41. The number of halogens is 7. The van der Waals surface area contributed by atoms with Crippen molar-refractivity contribution in [1.82, 2.24) is 0 Å². The Bertz CT molecular complexity index is 377. The normalized spacial score (nSPS) is 17.4. The number of alkyl halides is 6. The maximum Gasteiger partial charge on any atom is 0.408 e. The molecule has 0 N–H and O–H groups in total. The second kappa shape index (κ2) is 5.44. The molecule has 0 saturated heterocycles. The molecule has 0 radical (unpaired) electrons. The maximum atomic E-state index is 13.7. The van der Waals surface area contributed by atoms with Crippen molar-refractivity contribution in [3.05, 3.63) is 28.7 Å². The number of ether oxygens (including phenoxy) is 1. The summed E-state index contributed by atoms with van der Waals surface area (Å²) in [6.45, 7) is 0. The molecule has 0 amide bonds. The molecule has 0 unspecified atom stereocenters. The van der Waals surface area contributed by atoms with Gasteiger partial charge in [-0.15, -0.1) is 0 Å². The summed E-state index contributed by atoms with van der Waals surface area (Å²) in [6, 6.07) is 5.73. The van der Waals surface area contributed by atoms with Gasteiger partial charge in [0.1, 0.15) is 5.75 Å². The average Bonchev–Trinajstić information content (AvgIpc) is 2.19. The number of rotatable bonds is 3. The summed E-state index contributed by atoms with van der Waals surface area (Å²) < 4.78 is 52.8. The molecule has 1 aromatic rings. The Hall–Kier alpha value is 0.180. The van der Waals surface area contributed by atoms with Gasteiger partial charge in [-0.25, -0.2) is 0 Å². The largest absolute Gasteiger partial charge is 0.447 e. The minimum absolute atomic E-state index is 0.0266. The van der Waals surface area contributed by atoms with E-state index in [4.69, 9.17) is 0 Å². The van der Waals surface area contributed by atoms with Gasteiger partial charge in [-0.2, -0.15) is 17.6 Å². The Morgan fingerprint density at radius 2 is 1.53 bits per heavy atom. The molecule has 0 bridgehead atoms. The van der Waals surface area contributed by atoms with Gasteiger partial charge in [-0.05, 0) is 24.3 Å². The van der Waals surface area contributed by atoms with Crippen LogP contribution in [-0.4, -0.2) is 15.8 Å². The molecule has 17 heavy (non-hydrogen) atoms. The van der Waals surface area contributed by atoms with Crippen LogP contribution in [0.1, 0.15) is 0 Å². The van der Waals surface area contributed by atoms with Crippen molar-refractivity contribution >= 4 is 47.8 Å². The zero-order chi connectivity index (χ0) is 13.3. The molecule has 0 fully saturated rings. The molecule has 0 spiro atoms. The zero-order valence-electron chi connectivity index (χ0n) is 7.94. The van der Waals surface area contributed by atoms with E-state index < -0.39 is 15.8 Å². The molecule has 2 atom stereocenters. The molecule has 0 aliphatic heterocycles. The van der Waals surface area contributed by atoms with Gasteiger partial charge in [0.15, 0.2) is 4.83 Å². The predicted octanol–water partition coefficient (Wildman–Crippen LogP) is 5.17. The first-order valence-corrected chi connectivity index (χ1v) is 6.66. The molecule has 0 aliphatic carbocycles. The number of hydrogen-bond donors (Lipinski definition) is 0. The summed E-state index contributed by atoms with van der Waals surface area (Å²) in [5.41, 5.74) is 0. The van der Waals surface area contributed by atoms with E-state index in [1.54, 1.807) is 0 Å². The van der Waals surface area contributed by atoms with Crippen molar-refractivity contribution in [2.24, 2.45) is 0 Å². The molecular formula is C9H5Br3F4O. The van der Waals surface area contributed by atoms with Crippen LogP contribution in [0.2, 0.25) is 0 Å². The maximum absolute atomic E-state index is 13.7. The molecule has 8 heteroatoms. The Balaban J connectivity index is 2.82. The highest BCUT2D eigenvalue weighted by atomic mass is 79.9. The first-order valence-electron chi connectivity index (χ1n) is 4.16. The molecule has 1 rings (SSSR count). The van der Waals surface area contributed by atoms with Crippen molar-refractivity contribution in [1.29, 1.82) is 0 Å². The second-order valence-electron chi connectivity index (χ2n) is 3.02. The van der Waals surface area contributed by atoms with E-state index in [2.05, 4.69) is 52.5 Å². The summed E-state index contributed by atoms with van der Waals surface area (Å²) in [5.74, 6) is -0.0266. The van der Waals surface area contributed by atoms with Gasteiger partial charge in [0.05, 0.1) is 0 Å². The van der Waals surface area contributed by atoms with Crippen LogP contribution in [0.5, 0.6) is 5.75 Å². The lowest BCUT2D eigenvalue weighted by atomic mass is 10.3. The van der Waals surface area contributed by atoms with Crippen LogP contribution in [0.15, 0.2) is 28.7 Å². The molecular weight excluding hydrogens is 440 g/mol. The highest BCUT2D eigenvalue weighted by Gasteiger charge is 2.54. The molecule has 0 aliphatic rings. The van der Waals surface area contributed by atoms with Gasteiger partial charge >= 0.3 is 10.9 Å². The van der Waals surface area contributed by atoms with Gasteiger partial charge in [0.25, 0.3) is 0 Å². The fourth-order valence-corrected chi connectivity index (χ4v) is 1.71.